The van der Waals surface area contributed by atoms with Crippen LogP contribution in [0.3, 0.4) is 0 Å². The number of ether oxygens (including phenoxy) is 1. The van der Waals surface area contributed by atoms with Crippen LogP contribution in [-0.2, 0) is 20.7 Å². The predicted octanol–water partition coefficient (Wildman–Crippen LogP) is 2.86. The van der Waals surface area contributed by atoms with Crippen molar-refractivity contribution in [2.24, 2.45) is 11.8 Å². The van der Waals surface area contributed by atoms with Gasteiger partial charge >= 0.3 is 11.9 Å². The van der Waals surface area contributed by atoms with Crippen molar-refractivity contribution in [2.45, 2.75) is 32.8 Å². The normalized spacial score (nSPS) is 20.7. The van der Waals surface area contributed by atoms with Gasteiger partial charge in [0.25, 0.3) is 0 Å². The lowest BCUT2D eigenvalue weighted by Crippen LogP contribution is -2.68. The van der Waals surface area contributed by atoms with E-state index in [1.807, 2.05) is 43.3 Å². The molecule has 2 aromatic carbocycles. The second-order valence-corrected chi connectivity index (χ2v) is 9.14. The molecule has 0 radical (unpaired) electrons. The highest BCUT2D eigenvalue weighted by atomic mass is 16.6. The highest BCUT2D eigenvalue weighted by molar-refractivity contribution is 6.14. The fraction of sp³-hybridized carbons (Fsp3) is 0.375. The van der Waals surface area contributed by atoms with Crippen molar-refractivity contribution in [3.8, 4) is 0 Å². The zero-order valence-electron chi connectivity index (χ0n) is 18.7. The monoisotopic (exact) mass is 424 g/mol. The number of para-hydroxylation sites is 1. The molecule has 1 amide bonds. The Balaban J connectivity index is 1.96. The van der Waals surface area contributed by atoms with Gasteiger partial charge in [-0.3, -0.25) is 4.79 Å². The zero-order valence-corrected chi connectivity index (χ0v) is 18.7. The van der Waals surface area contributed by atoms with E-state index in [9.17, 15) is 14.4 Å². The molecule has 1 aliphatic heterocycles. The van der Waals surface area contributed by atoms with Gasteiger partial charge in [0.1, 0.15) is 11.5 Å². The van der Waals surface area contributed by atoms with E-state index in [2.05, 4.69) is 0 Å². The number of hydrogen-bond donors (Lipinski definition) is 1. The Labute approximate surface area is 182 Å². The second kappa shape index (κ2) is 8.24. The summed E-state index contributed by atoms with van der Waals surface area (Å²) in [6.45, 7) is 4.88. The van der Waals surface area contributed by atoms with Crippen molar-refractivity contribution in [2.75, 3.05) is 25.5 Å². The highest BCUT2D eigenvalue weighted by Gasteiger charge is 2.51. The van der Waals surface area contributed by atoms with E-state index < -0.39 is 28.0 Å². The van der Waals surface area contributed by atoms with E-state index in [-0.39, 0.29) is 18.7 Å². The average molecular weight is 425 g/mol. The minimum Gasteiger partial charge on any atom is -0.456 e. The Morgan fingerprint density at radius 3 is 2.29 bits per heavy atom. The number of quaternary nitrogens is 1. The first-order valence-corrected chi connectivity index (χ1v) is 10.3. The quantitative estimate of drug-likeness (QED) is 0.198. The average Bonchev–Trinajstić information content (AvgIpc) is 2.69. The number of Topliss-reactive ketones (excluding diaryl/α,β-unsaturated/α-hetero) is 1. The smallest absolute Gasteiger partial charge is 0.365 e. The summed E-state index contributed by atoms with van der Waals surface area (Å²) in [6, 6.07) is 14.3. The number of benzene rings is 2. The van der Waals surface area contributed by atoms with Crippen LogP contribution >= 0.6 is 0 Å². The number of carbonyl (C=O) groups is 3. The molecular weight excluding hydrogens is 394 g/mol. The van der Waals surface area contributed by atoms with Crippen LogP contribution in [0, 0.1) is 5.92 Å². The highest BCUT2D eigenvalue weighted by Crippen LogP contribution is 2.35. The van der Waals surface area contributed by atoms with Crippen LogP contribution in [0.1, 0.15) is 36.7 Å². The third-order valence-electron chi connectivity index (χ3n) is 5.32. The maximum Gasteiger partial charge on any atom is 0.365 e. The molecule has 2 aromatic rings. The molecule has 7 nitrogen and oxygen atoms in total. The number of fused-ring (bicyclic) bond motifs is 1. The molecule has 7 heteroatoms. The number of hydrogen-bond acceptors (Lipinski definition) is 6. The maximum absolute atomic E-state index is 13.5. The Bertz CT molecular complexity index is 1010. The van der Waals surface area contributed by atoms with Gasteiger partial charge in [-0.2, -0.15) is 5.84 Å². The van der Waals surface area contributed by atoms with Gasteiger partial charge in [0.15, 0.2) is 11.5 Å². The zero-order chi connectivity index (χ0) is 23.0. The van der Waals surface area contributed by atoms with Crippen LogP contribution in [0.2, 0.25) is 0 Å². The molecule has 2 N–H and O–H groups in total. The van der Waals surface area contributed by atoms with Gasteiger partial charge in [0.2, 0.25) is 6.54 Å². The van der Waals surface area contributed by atoms with Gasteiger partial charge in [-0.1, -0.05) is 18.2 Å². The topological polar surface area (TPSA) is 89.7 Å². The molecule has 0 saturated heterocycles. The van der Waals surface area contributed by atoms with Gasteiger partial charge in [-0.25, -0.2) is 9.59 Å². The van der Waals surface area contributed by atoms with Gasteiger partial charge in [0.05, 0.1) is 0 Å². The fourth-order valence-corrected chi connectivity index (χ4v) is 3.85. The first-order valence-electron chi connectivity index (χ1n) is 10.3. The van der Waals surface area contributed by atoms with Crippen molar-refractivity contribution in [1.29, 1.82) is 0 Å². The van der Waals surface area contributed by atoms with Crippen LogP contribution in [0.15, 0.2) is 48.5 Å². The standard InChI is InChI=1S/C24H30N3O4/c1-24(2,3)31-21(28)15-27(25)20-9-7-6-8-17(20)14-19(23(27)30)22(29)16-10-12-18(13-11-16)26(4)5/h6-13,19H,14-15,25H2,1-5H3/q+1. The summed E-state index contributed by atoms with van der Waals surface area (Å²) in [5.74, 6) is 4.15. The Kier molecular flexibility index (Phi) is 6.02. The third kappa shape index (κ3) is 4.68. The molecule has 31 heavy (non-hydrogen) atoms. The predicted molar refractivity (Wildman–Crippen MR) is 120 cm³/mol. The largest absolute Gasteiger partial charge is 0.456 e. The van der Waals surface area contributed by atoms with Gasteiger partial charge in [0, 0.05) is 43.4 Å². The molecule has 2 unspecified atom stereocenters. The van der Waals surface area contributed by atoms with Crippen LogP contribution in [0.25, 0.3) is 0 Å². The molecule has 0 saturated carbocycles. The summed E-state index contributed by atoms with van der Waals surface area (Å²) in [5.41, 5.74) is 1.97. The van der Waals surface area contributed by atoms with Gasteiger partial charge in [-0.05, 0) is 45.0 Å². The summed E-state index contributed by atoms with van der Waals surface area (Å²) in [4.78, 5) is 41.3. The maximum atomic E-state index is 13.5. The number of amides is 1. The number of nitrogens with two attached hydrogens (primary N) is 1. The van der Waals surface area contributed by atoms with Gasteiger partial charge in [-0.15, -0.1) is 4.59 Å². The Morgan fingerprint density at radius 1 is 1.10 bits per heavy atom. The number of anilines is 1. The summed E-state index contributed by atoms with van der Waals surface area (Å²) in [7, 11) is 3.82. The van der Waals surface area contributed by atoms with E-state index in [1.54, 1.807) is 45.0 Å². The summed E-state index contributed by atoms with van der Waals surface area (Å²) in [6.07, 6.45) is 0.245. The fourth-order valence-electron chi connectivity index (χ4n) is 3.85. The van der Waals surface area contributed by atoms with Crippen molar-refractivity contribution >= 4 is 29.0 Å². The van der Waals surface area contributed by atoms with Crippen molar-refractivity contribution < 1.29 is 19.1 Å². The molecular formula is C24H30N3O4+. The lowest BCUT2D eigenvalue weighted by molar-refractivity contribution is -0.159. The first kappa shape index (κ1) is 22.7. The van der Waals surface area contributed by atoms with Crippen LogP contribution in [0.4, 0.5) is 11.4 Å². The molecule has 2 atom stereocenters. The molecule has 0 bridgehead atoms. The SMILES string of the molecule is CN(C)c1ccc(C(=O)C2Cc3ccccc3[N+](N)(CC(=O)OC(C)(C)C)C2=O)cc1. The lowest BCUT2D eigenvalue weighted by Gasteiger charge is -2.37. The minimum atomic E-state index is -0.979. The third-order valence-corrected chi connectivity index (χ3v) is 5.32. The molecule has 3 rings (SSSR count). The van der Waals surface area contributed by atoms with Crippen LogP contribution in [0.5, 0.6) is 0 Å². The molecule has 0 aromatic heterocycles. The molecule has 1 aliphatic rings. The Hall–Kier alpha value is -3.03. The second-order valence-electron chi connectivity index (χ2n) is 9.14. The number of carbonyl (C=O) groups excluding carboxylic acids is 3. The van der Waals surface area contributed by atoms with Crippen molar-refractivity contribution in [1.82, 2.24) is 4.59 Å². The number of ketones is 1. The molecule has 164 valence electrons. The van der Waals surface area contributed by atoms with E-state index in [1.165, 1.54) is 0 Å². The van der Waals surface area contributed by atoms with E-state index in [0.29, 0.717) is 11.3 Å². The molecule has 0 aliphatic carbocycles. The molecule has 0 spiro atoms. The van der Waals surface area contributed by atoms with Crippen molar-refractivity contribution in [3.63, 3.8) is 0 Å². The Morgan fingerprint density at radius 2 is 1.71 bits per heavy atom. The number of esters is 1. The van der Waals surface area contributed by atoms with Crippen LogP contribution in [-0.4, -0.2) is 43.9 Å². The van der Waals surface area contributed by atoms with E-state index >= 15 is 0 Å². The van der Waals surface area contributed by atoms with Gasteiger partial charge < -0.3 is 9.64 Å². The summed E-state index contributed by atoms with van der Waals surface area (Å²) in [5, 5.41) is 0. The summed E-state index contributed by atoms with van der Waals surface area (Å²) >= 11 is 0. The number of nitrogens with zero attached hydrogens (tertiary/aromatic N) is 2. The van der Waals surface area contributed by atoms with Crippen molar-refractivity contribution in [3.05, 3.63) is 59.7 Å². The van der Waals surface area contributed by atoms with E-state index in [4.69, 9.17) is 10.6 Å². The lowest BCUT2D eigenvalue weighted by atomic mass is 9.85. The van der Waals surface area contributed by atoms with Crippen LogP contribution < -0.4 is 15.3 Å². The first-order chi connectivity index (χ1) is 14.4. The summed E-state index contributed by atoms with van der Waals surface area (Å²) < 4.78 is 4.63. The minimum absolute atomic E-state index is 0.245. The van der Waals surface area contributed by atoms with E-state index in [0.717, 1.165) is 11.3 Å². The molecule has 1 heterocycles. The number of rotatable bonds is 5. The molecule has 0 fully saturated rings.